The number of hydrogen-bond acceptors (Lipinski definition) is 2. The van der Waals surface area contributed by atoms with Gasteiger partial charge in [0.25, 0.3) is 0 Å². The Hall–Kier alpha value is -3.14. The van der Waals surface area contributed by atoms with Crippen LogP contribution >= 0.6 is 0 Å². The first-order valence-corrected chi connectivity index (χ1v) is 10.8. The highest BCUT2D eigenvalue weighted by Gasteiger charge is 2.39. The SMILES string of the molecule is C[C@@H](O[C@H]1CCc2c(ccc[n+]2[O-])[C@H]1c1ccc(F)cc1)c1cc(C(F)(F)F)cc(C(F)(F)F)c1. The summed E-state index contributed by atoms with van der Waals surface area (Å²) in [6.45, 7) is 1.38. The van der Waals surface area contributed by atoms with E-state index in [1.807, 2.05) is 0 Å². The van der Waals surface area contributed by atoms with Gasteiger partial charge >= 0.3 is 12.4 Å². The van der Waals surface area contributed by atoms with Crippen molar-refractivity contribution in [2.75, 3.05) is 0 Å². The molecule has 0 bridgehead atoms. The molecule has 1 aromatic heterocycles. The first-order chi connectivity index (χ1) is 16.3. The van der Waals surface area contributed by atoms with E-state index >= 15 is 0 Å². The van der Waals surface area contributed by atoms with Gasteiger partial charge in [0.1, 0.15) is 5.82 Å². The van der Waals surface area contributed by atoms with E-state index in [4.69, 9.17) is 4.74 Å². The summed E-state index contributed by atoms with van der Waals surface area (Å²) in [4.78, 5) is 0. The van der Waals surface area contributed by atoms with Gasteiger partial charge < -0.3 is 9.94 Å². The second-order valence-corrected chi connectivity index (χ2v) is 8.46. The van der Waals surface area contributed by atoms with Crippen molar-refractivity contribution in [1.29, 1.82) is 0 Å². The monoisotopic (exact) mass is 499 g/mol. The Bertz CT molecular complexity index is 1170. The lowest BCUT2D eigenvalue weighted by molar-refractivity contribution is -0.615. The largest absolute Gasteiger partial charge is 0.618 e. The van der Waals surface area contributed by atoms with Crippen LogP contribution in [0.15, 0.2) is 60.8 Å². The van der Waals surface area contributed by atoms with Gasteiger partial charge in [-0.3, -0.25) is 0 Å². The van der Waals surface area contributed by atoms with Crippen LogP contribution in [-0.2, 0) is 23.5 Å². The standard InChI is InChI=1S/C25H20F7NO2/c1-14(16-11-17(24(27,28)29)13-18(12-16)25(30,31)32)35-22-9-8-21-20(3-2-10-33(21)34)23(22)15-4-6-19(26)7-5-15/h2-7,10-14,22-23H,8-9H2,1H3/t14-,22+,23-/m1/s1. The maximum absolute atomic E-state index is 13.5. The van der Waals surface area contributed by atoms with Crippen molar-refractivity contribution in [3.63, 3.8) is 0 Å². The number of rotatable bonds is 4. The molecule has 0 saturated carbocycles. The van der Waals surface area contributed by atoms with Crippen molar-refractivity contribution in [2.24, 2.45) is 0 Å². The topological polar surface area (TPSA) is 36.2 Å². The summed E-state index contributed by atoms with van der Waals surface area (Å²) in [5, 5.41) is 12.3. The van der Waals surface area contributed by atoms with Crippen molar-refractivity contribution in [2.45, 2.75) is 50.2 Å². The number of pyridine rings is 1. The van der Waals surface area contributed by atoms with Gasteiger partial charge in [0.15, 0.2) is 11.9 Å². The summed E-state index contributed by atoms with van der Waals surface area (Å²) >= 11 is 0. The predicted molar refractivity (Wildman–Crippen MR) is 112 cm³/mol. The van der Waals surface area contributed by atoms with Gasteiger partial charge in [0.05, 0.1) is 23.3 Å². The Kier molecular flexibility index (Phi) is 6.52. The molecule has 1 heterocycles. The first-order valence-electron chi connectivity index (χ1n) is 10.8. The molecule has 0 radical (unpaired) electrons. The fraction of sp³-hybridized carbons (Fsp3) is 0.320. The Morgan fingerprint density at radius 3 is 2.11 bits per heavy atom. The minimum Gasteiger partial charge on any atom is -0.618 e. The van der Waals surface area contributed by atoms with E-state index in [0.29, 0.717) is 40.1 Å². The molecule has 0 fully saturated rings. The minimum atomic E-state index is -4.97. The number of benzene rings is 2. The summed E-state index contributed by atoms with van der Waals surface area (Å²) in [5.41, 5.74) is -1.42. The van der Waals surface area contributed by atoms with Crippen LogP contribution in [0.3, 0.4) is 0 Å². The van der Waals surface area contributed by atoms with Crippen molar-refractivity contribution in [3.05, 3.63) is 105 Å². The summed E-state index contributed by atoms with van der Waals surface area (Å²) in [7, 11) is 0. The third-order valence-electron chi connectivity index (χ3n) is 6.16. The van der Waals surface area contributed by atoms with Crippen LogP contribution in [0.1, 0.15) is 58.9 Å². The molecule has 0 unspecified atom stereocenters. The van der Waals surface area contributed by atoms with Crippen LogP contribution < -0.4 is 4.73 Å². The predicted octanol–water partition coefficient (Wildman–Crippen LogP) is 6.72. The summed E-state index contributed by atoms with van der Waals surface area (Å²) < 4.78 is 100. The van der Waals surface area contributed by atoms with Crippen LogP contribution in [-0.4, -0.2) is 6.10 Å². The Balaban J connectivity index is 1.72. The second kappa shape index (κ2) is 9.14. The molecule has 186 valence electrons. The fourth-order valence-corrected chi connectivity index (χ4v) is 4.49. The molecule has 0 aliphatic heterocycles. The lowest BCUT2D eigenvalue weighted by atomic mass is 9.78. The van der Waals surface area contributed by atoms with E-state index < -0.39 is 47.4 Å². The third-order valence-corrected chi connectivity index (χ3v) is 6.16. The van der Waals surface area contributed by atoms with Crippen molar-refractivity contribution in [1.82, 2.24) is 0 Å². The van der Waals surface area contributed by atoms with Crippen molar-refractivity contribution < 1.29 is 40.2 Å². The Morgan fingerprint density at radius 1 is 0.943 bits per heavy atom. The van der Waals surface area contributed by atoms with Gasteiger partial charge in [-0.2, -0.15) is 31.1 Å². The zero-order chi connectivity index (χ0) is 25.5. The third kappa shape index (κ3) is 5.27. The molecule has 3 aromatic rings. The Morgan fingerprint density at radius 2 is 1.54 bits per heavy atom. The fourth-order valence-electron chi connectivity index (χ4n) is 4.49. The smallest absolute Gasteiger partial charge is 0.416 e. The minimum absolute atomic E-state index is 0.0708. The van der Waals surface area contributed by atoms with Gasteiger partial charge in [-0.25, -0.2) is 4.39 Å². The maximum Gasteiger partial charge on any atom is 0.416 e. The molecule has 4 rings (SSSR count). The van der Waals surface area contributed by atoms with Crippen LogP contribution in [0.2, 0.25) is 0 Å². The molecule has 3 atom stereocenters. The quantitative estimate of drug-likeness (QED) is 0.227. The van der Waals surface area contributed by atoms with E-state index in [9.17, 15) is 35.9 Å². The summed E-state index contributed by atoms with van der Waals surface area (Å²) in [6.07, 6.45) is -9.84. The van der Waals surface area contributed by atoms with E-state index in [-0.39, 0.29) is 18.1 Å². The number of halogens is 7. The average molecular weight is 499 g/mol. The van der Waals surface area contributed by atoms with Gasteiger partial charge in [-0.1, -0.05) is 12.1 Å². The van der Waals surface area contributed by atoms with Crippen LogP contribution in [0.25, 0.3) is 0 Å². The summed E-state index contributed by atoms with van der Waals surface area (Å²) in [6, 6.07) is 10.1. The molecule has 0 saturated heterocycles. The first kappa shape index (κ1) is 25.0. The highest BCUT2D eigenvalue weighted by Crippen LogP contribution is 2.42. The lowest BCUT2D eigenvalue weighted by Crippen LogP contribution is -2.39. The van der Waals surface area contributed by atoms with Gasteiger partial charge in [0.2, 0.25) is 0 Å². The number of hydrogen-bond donors (Lipinski definition) is 0. The molecule has 3 nitrogen and oxygen atoms in total. The number of alkyl halides is 6. The molecule has 10 heteroatoms. The Labute approximate surface area is 196 Å². The van der Waals surface area contributed by atoms with E-state index in [1.165, 1.54) is 43.5 Å². The molecular weight excluding hydrogens is 479 g/mol. The number of nitrogens with zero attached hydrogens (tertiary/aromatic N) is 1. The number of fused-ring (bicyclic) bond motifs is 1. The van der Waals surface area contributed by atoms with E-state index in [1.54, 1.807) is 6.07 Å². The maximum atomic E-state index is 13.5. The molecular formula is C25H20F7NO2. The van der Waals surface area contributed by atoms with Crippen molar-refractivity contribution in [3.8, 4) is 0 Å². The van der Waals surface area contributed by atoms with Gasteiger partial charge in [-0.15, -0.1) is 0 Å². The zero-order valence-corrected chi connectivity index (χ0v) is 18.3. The van der Waals surface area contributed by atoms with Gasteiger partial charge in [0, 0.05) is 24.0 Å². The highest BCUT2D eigenvalue weighted by molar-refractivity contribution is 5.38. The van der Waals surface area contributed by atoms with E-state index in [0.717, 1.165) is 0 Å². The van der Waals surface area contributed by atoms with E-state index in [2.05, 4.69) is 0 Å². The van der Waals surface area contributed by atoms with Crippen LogP contribution in [0, 0.1) is 11.0 Å². The molecule has 35 heavy (non-hydrogen) atoms. The number of ether oxygens (including phenoxy) is 1. The molecule has 2 aromatic carbocycles. The normalized spacial score (nSPS) is 19.3. The highest BCUT2D eigenvalue weighted by atomic mass is 19.4. The number of aromatic nitrogens is 1. The molecule has 0 N–H and O–H groups in total. The van der Waals surface area contributed by atoms with Crippen LogP contribution in [0.5, 0.6) is 0 Å². The van der Waals surface area contributed by atoms with Crippen LogP contribution in [0.4, 0.5) is 30.7 Å². The molecule has 1 aliphatic carbocycles. The average Bonchev–Trinajstić information content (AvgIpc) is 2.78. The van der Waals surface area contributed by atoms with Crippen molar-refractivity contribution >= 4 is 0 Å². The van der Waals surface area contributed by atoms with Gasteiger partial charge in [-0.05, 0) is 60.9 Å². The second-order valence-electron chi connectivity index (χ2n) is 8.46. The summed E-state index contributed by atoms with van der Waals surface area (Å²) in [5.74, 6) is -1.05. The zero-order valence-electron chi connectivity index (χ0n) is 18.3. The molecule has 0 amide bonds. The molecule has 1 aliphatic rings. The molecule has 0 spiro atoms. The lowest BCUT2D eigenvalue weighted by Gasteiger charge is -2.34.